The van der Waals surface area contributed by atoms with E-state index in [0.717, 1.165) is 11.1 Å². The molecule has 2 aromatic heterocycles. The van der Waals surface area contributed by atoms with E-state index in [2.05, 4.69) is 11.1 Å². The van der Waals surface area contributed by atoms with Crippen molar-refractivity contribution in [1.29, 1.82) is 5.26 Å². The van der Waals surface area contributed by atoms with Crippen LogP contribution in [0, 0.1) is 18.3 Å². The molecule has 3 N–H and O–H groups in total. The van der Waals surface area contributed by atoms with Crippen molar-refractivity contribution in [1.82, 2.24) is 4.98 Å². The van der Waals surface area contributed by atoms with Gasteiger partial charge in [-0.25, -0.2) is 4.98 Å². The van der Waals surface area contributed by atoms with Crippen LogP contribution in [0.3, 0.4) is 0 Å². The highest BCUT2D eigenvalue weighted by molar-refractivity contribution is 5.82. The van der Waals surface area contributed by atoms with Crippen molar-refractivity contribution in [3.8, 4) is 28.7 Å². The second-order valence-electron chi connectivity index (χ2n) is 5.12. The fraction of sp³-hybridized carbons (Fsp3) is 0.111. The summed E-state index contributed by atoms with van der Waals surface area (Å²) >= 11 is 0. The second kappa shape index (κ2) is 5.95. The molecule has 3 aromatic rings. The average molecular weight is 305 g/mol. The number of aliphatic hydroxyl groups is 1. The zero-order valence-corrected chi connectivity index (χ0v) is 12.6. The van der Waals surface area contributed by atoms with Gasteiger partial charge in [-0.2, -0.15) is 5.26 Å². The predicted octanol–water partition coefficient (Wildman–Crippen LogP) is 3.26. The molecule has 0 amide bonds. The largest absolute Gasteiger partial charge is 0.459 e. The second-order valence-corrected chi connectivity index (χ2v) is 5.12. The zero-order valence-electron chi connectivity index (χ0n) is 12.6. The van der Waals surface area contributed by atoms with E-state index in [0.29, 0.717) is 22.8 Å². The van der Waals surface area contributed by atoms with E-state index in [4.69, 9.17) is 10.2 Å². The Morgan fingerprint density at radius 1 is 1.22 bits per heavy atom. The molecule has 2 heterocycles. The van der Waals surface area contributed by atoms with Gasteiger partial charge in [0.2, 0.25) is 0 Å². The van der Waals surface area contributed by atoms with Gasteiger partial charge >= 0.3 is 0 Å². The van der Waals surface area contributed by atoms with E-state index >= 15 is 0 Å². The Balaban J connectivity index is 2.29. The summed E-state index contributed by atoms with van der Waals surface area (Å²) in [6.07, 6.45) is 0. The number of nitriles is 1. The quantitative estimate of drug-likeness (QED) is 0.774. The van der Waals surface area contributed by atoms with E-state index in [9.17, 15) is 10.4 Å². The Labute approximate surface area is 133 Å². The van der Waals surface area contributed by atoms with Crippen molar-refractivity contribution in [3.63, 3.8) is 0 Å². The fourth-order valence-electron chi connectivity index (χ4n) is 2.59. The summed E-state index contributed by atoms with van der Waals surface area (Å²) in [5, 5.41) is 18.6. The van der Waals surface area contributed by atoms with Crippen LogP contribution in [0.1, 0.15) is 16.9 Å². The summed E-state index contributed by atoms with van der Waals surface area (Å²) in [5.74, 6) is 1.09. The number of benzene rings is 1. The summed E-state index contributed by atoms with van der Waals surface area (Å²) in [6, 6.07) is 15.1. The van der Waals surface area contributed by atoms with Gasteiger partial charge in [0.1, 0.15) is 35.6 Å². The predicted molar refractivity (Wildman–Crippen MR) is 87.2 cm³/mol. The van der Waals surface area contributed by atoms with E-state index in [1.54, 1.807) is 12.1 Å². The summed E-state index contributed by atoms with van der Waals surface area (Å²) < 4.78 is 5.60. The highest BCUT2D eigenvalue weighted by Gasteiger charge is 2.20. The molecule has 0 saturated carbocycles. The molecular formula is C18H15N3O2. The zero-order chi connectivity index (χ0) is 16.4. The average Bonchev–Trinajstić information content (AvgIpc) is 3.05. The lowest BCUT2D eigenvalue weighted by Crippen LogP contribution is -2.02. The number of nitrogen functional groups attached to an aromatic ring is 1. The molecule has 3 rings (SSSR count). The van der Waals surface area contributed by atoms with E-state index in [1.807, 2.05) is 37.3 Å². The summed E-state index contributed by atoms with van der Waals surface area (Å²) in [4.78, 5) is 4.39. The van der Waals surface area contributed by atoms with Crippen molar-refractivity contribution < 1.29 is 9.52 Å². The van der Waals surface area contributed by atoms with Gasteiger partial charge in [-0.15, -0.1) is 0 Å². The number of anilines is 1. The number of rotatable bonds is 3. The molecule has 0 radical (unpaired) electrons. The SMILES string of the molecule is Cc1c(-c2ccccc2)nc(N)c(C#N)c1-c1ccc(CO)o1. The number of aliphatic hydroxyl groups excluding tert-OH is 1. The molecule has 0 aliphatic rings. The number of hydrogen-bond acceptors (Lipinski definition) is 5. The van der Waals surface area contributed by atoms with Crippen LogP contribution >= 0.6 is 0 Å². The molecule has 1 aromatic carbocycles. The van der Waals surface area contributed by atoms with Crippen molar-refractivity contribution in [2.24, 2.45) is 0 Å². The first-order valence-corrected chi connectivity index (χ1v) is 7.11. The van der Waals surface area contributed by atoms with Gasteiger partial charge in [0.05, 0.1) is 5.69 Å². The lowest BCUT2D eigenvalue weighted by atomic mass is 9.96. The Hall–Kier alpha value is -3.10. The van der Waals surface area contributed by atoms with Gasteiger partial charge in [0, 0.05) is 11.1 Å². The molecule has 0 unspecified atom stereocenters. The van der Waals surface area contributed by atoms with Crippen molar-refractivity contribution in [3.05, 3.63) is 59.4 Å². The van der Waals surface area contributed by atoms with Crippen LogP contribution in [-0.4, -0.2) is 10.1 Å². The van der Waals surface area contributed by atoms with Crippen molar-refractivity contribution in [2.75, 3.05) is 5.73 Å². The lowest BCUT2D eigenvalue weighted by Gasteiger charge is -2.13. The normalized spacial score (nSPS) is 10.5. The molecule has 114 valence electrons. The van der Waals surface area contributed by atoms with E-state index in [1.165, 1.54) is 0 Å². The molecule has 5 nitrogen and oxygen atoms in total. The molecule has 0 bridgehead atoms. The van der Waals surface area contributed by atoms with Crippen LogP contribution < -0.4 is 5.73 Å². The minimum atomic E-state index is -0.201. The molecular weight excluding hydrogens is 290 g/mol. The highest BCUT2D eigenvalue weighted by Crippen LogP contribution is 2.36. The standard InChI is InChI=1S/C18H15N3O2/c1-11-16(15-8-7-13(10-22)23-15)14(9-19)18(20)21-17(11)12-5-3-2-4-6-12/h2-8,22H,10H2,1H3,(H2,20,21). The number of nitrogens with zero attached hydrogens (tertiary/aromatic N) is 2. The van der Waals surface area contributed by atoms with Crippen molar-refractivity contribution in [2.45, 2.75) is 13.5 Å². The number of nitrogens with two attached hydrogens (primary N) is 1. The summed E-state index contributed by atoms with van der Waals surface area (Å²) in [6.45, 7) is 1.68. The Kier molecular flexibility index (Phi) is 3.83. The van der Waals surface area contributed by atoms with Gasteiger partial charge in [-0.3, -0.25) is 0 Å². The number of hydrogen-bond donors (Lipinski definition) is 2. The minimum Gasteiger partial charge on any atom is -0.459 e. The lowest BCUT2D eigenvalue weighted by molar-refractivity contribution is 0.248. The number of furan rings is 1. The van der Waals surface area contributed by atoms with Crippen LogP contribution in [0.15, 0.2) is 46.9 Å². The first-order valence-electron chi connectivity index (χ1n) is 7.11. The van der Waals surface area contributed by atoms with Gasteiger partial charge in [-0.05, 0) is 24.6 Å². The highest BCUT2D eigenvalue weighted by atomic mass is 16.4. The molecule has 0 saturated heterocycles. The number of pyridine rings is 1. The maximum Gasteiger partial charge on any atom is 0.142 e. The Morgan fingerprint density at radius 3 is 2.57 bits per heavy atom. The van der Waals surface area contributed by atoms with Crippen LogP contribution in [0.4, 0.5) is 5.82 Å². The first-order chi connectivity index (χ1) is 11.2. The number of aromatic nitrogens is 1. The monoisotopic (exact) mass is 305 g/mol. The topological polar surface area (TPSA) is 96.1 Å². The molecule has 5 heteroatoms. The van der Waals surface area contributed by atoms with Gasteiger partial charge < -0.3 is 15.3 Å². The molecule has 0 fully saturated rings. The summed E-state index contributed by atoms with van der Waals surface area (Å²) in [5.41, 5.74) is 9.31. The molecule has 23 heavy (non-hydrogen) atoms. The Bertz CT molecular complexity index is 893. The van der Waals surface area contributed by atoms with E-state index < -0.39 is 0 Å². The fourth-order valence-corrected chi connectivity index (χ4v) is 2.59. The van der Waals surface area contributed by atoms with Gasteiger partial charge in [0.25, 0.3) is 0 Å². The van der Waals surface area contributed by atoms with Gasteiger partial charge in [0.15, 0.2) is 0 Å². The Morgan fingerprint density at radius 2 is 1.96 bits per heavy atom. The van der Waals surface area contributed by atoms with Gasteiger partial charge in [-0.1, -0.05) is 30.3 Å². The minimum absolute atomic E-state index is 0.161. The van der Waals surface area contributed by atoms with Crippen LogP contribution in [0.5, 0.6) is 0 Å². The third-order valence-corrected chi connectivity index (χ3v) is 3.69. The molecule has 0 aliphatic carbocycles. The molecule has 0 aliphatic heterocycles. The smallest absolute Gasteiger partial charge is 0.142 e. The van der Waals surface area contributed by atoms with Crippen LogP contribution in [-0.2, 0) is 6.61 Å². The molecule has 0 spiro atoms. The van der Waals surface area contributed by atoms with Crippen LogP contribution in [0.2, 0.25) is 0 Å². The third kappa shape index (κ3) is 2.56. The third-order valence-electron chi connectivity index (χ3n) is 3.69. The maximum absolute atomic E-state index is 9.45. The maximum atomic E-state index is 9.45. The van der Waals surface area contributed by atoms with E-state index in [-0.39, 0.29) is 18.0 Å². The summed E-state index contributed by atoms with van der Waals surface area (Å²) in [7, 11) is 0. The van der Waals surface area contributed by atoms with Crippen LogP contribution in [0.25, 0.3) is 22.6 Å². The van der Waals surface area contributed by atoms with Crippen molar-refractivity contribution >= 4 is 5.82 Å². The molecule has 0 atom stereocenters. The first kappa shape index (κ1) is 14.8.